The van der Waals surface area contributed by atoms with Crippen LogP contribution in [0, 0.1) is 22.7 Å². The molecule has 0 bridgehead atoms. The fourth-order valence-electron chi connectivity index (χ4n) is 3.93. The number of benzene rings is 1. The molecular formula is C22H27N5O3. The van der Waals surface area contributed by atoms with Gasteiger partial charge in [-0.3, -0.25) is 9.69 Å². The number of anilines is 1. The molecule has 2 saturated heterocycles. The molecule has 2 aliphatic rings. The first-order valence-electron chi connectivity index (χ1n) is 10.2. The molecule has 0 radical (unpaired) electrons. The first-order valence-corrected chi connectivity index (χ1v) is 10.2. The average molecular weight is 409 g/mol. The molecule has 158 valence electrons. The Bertz CT molecular complexity index is 878. The summed E-state index contributed by atoms with van der Waals surface area (Å²) in [5, 5.41) is 21.7. The second-order valence-electron chi connectivity index (χ2n) is 8.73. The van der Waals surface area contributed by atoms with Crippen LogP contribution in [-0.2, 0) is 9.53 Å². The molecule has 3 atom stereocenters. The predicted molar refractivity (Wildman–Crippen MR) is 110 cm³/mol. The van der Waals surface area contributed by atoms with Crippen molar-refractivity contribution in [3.63, 3.8) is 0 Å². The van der Waals surface area contributed by atoms with Crippen LogP contribution < -0.4 is 5.32 Å². The Balaban J connectivity index is 1.78. The molecule has 3 rings (SSSR count). The van der Waals surface area contributed by atoms with E-state index in [-0.39, 0.29) is 11.9 Å². The van der Waals surface area contributed by atoms with Crippen LogP contribution in [0.2, 0.25) is 0 Å². The molecule has 1 N–H and O–H groups in total. The molecule has 0 saturated carbocycles. The van der Waals surface area contributed by atoms with Gasteiger partial charge in [-0.1, -0.05) is 0 Å². The van der Waals surface area contributed by atoms with Crippen molar-refractivity contribution in [1.82, 2.24) is 9.80 Å². The maximum atomic E-state index is 13.2. The quantitative estimate of drug-likeness (QED) is 0.822. The van der Waals surface area contributed by atoms with Crippen LogP contribution in [0.15, 0.2) is 24.3 Å². The molecule has 2 aliphatic heterocycles. The number of nitrogens with zero attached hydrogens (tertiary/aromatic N) is 4. The summed E-state index contributed by atoms with van der Waals surface area (Å²) in [6.45, 7) is 6.21. The van der Waals surface area contributed by atoms with Gasteiger partial charge in [-0.05, 0) is 64.3 Å². The van der Waals surface area contributed by atoms with Crippen molar-refractivity contribution in [3.05, 3.63) is 29.8 Å². The zero-order chi connectivity index (χ0) is 21.9. The summed E-state index contributed by atoms with van der Waals surface area (Å²) < 4.78 is 5.53. The van der Waals surface area contributed by atoms with Crippen molar-refractivity contribution in [2.75, 3.05) is 18.4 Å². The fourth-order valence-corrected chi connectivity index (χ4v) is 3.93. The third-order valence-corrected chi connectivity index (χ3v) is 5.28. The van der Waals surface area contributed by atoms with Gasteiger partial charge in [0.15, 0.2) is 0 Å². The molecule has 8 nitrogen and oxygen atoms in total. The number of nitriles is 2. The molecule has 0 aliphatic carbocycles. The second-order valence-corrected chi connectivity index (χ2v) is 8.73. The molecule has 0 spiro atoms. The summed E-state index contributed by atoms with van der Waals surface area (Å²) in [5.41, 5.74) is 0.700. The van der Waals surface area contributed by atoms with E-state index >= 15 is 0 Å². The van der Waals surface area contributed by atoms with Gasteiger partial charge < -0.3 is 15.0 Å². The summed E-state index contributed by atoms with van der Waals surface area (Å²) in [5.74, 6) is -0.200. The van der Waals surface area contributed by atoms with Gasteiger partial charge >= 0.3 is 6.09 Å². The van der Waals surface area contributed by atoms with E-state index in [1.807, 2.05) is 0 Å². The van der Waals surface area contributed by atoms with Gasteiger partial charge in [-0.25, -0.2) is 4.79 Å². The lowest BCUT2D eigenvalue weighted by atomic mass is 10.1. The zero-order valence-electron chi connectivity index (χ0n) is 17.6. The van der Waals surface area contributed by atoms with Gasteiger partial charge in [0.05, 0.1) is 17.7 Å². The lowest BCUT2D eigenvalue weighted by Crippen LogP contribution is -2.50. The first-order chi connectivity index (χ1) is 14.2. The Hall–Kier alpha value is -3.26. The Morgan fingerprint density at radius 1 is 1.17 bits per heavy atom. The third kappa shape index (κ3) is 4.83. The predicted octanol–water partition coefficient (Wildman–Crippen LogP) is 2.86. The molecule has 1 aromatic rings. The van der Waals surface area contributed by atoms with Gasteiger partial charge in [0.25, 0.3) is 0 Å². The van der Waals surface area contributed by atoms with Gasteiger partial charge in [0.1, 0.15) is 17.7 Å². The van der Waals surface area contributed by atoms with Crippen LogP contribution in [0.4, 0.5) is 10.5 Å². The Kier molecular flexibility index (Phi) is 6.17. The summed E-state index contributed by atoms with van der Waals surface area (Å²) in [7, 11) is 0. The number of nitrogens with one attached hydrogen (secondary N) is 1. The molecule has 2 amide bonds. The van der Waals surface area contributed by atoms with Crippen LogP contribution in [0.5, 0.6) is 0 Å². The van der Waals surface area contributed by atoms with E-state index in [0.29, 0.717) is 31.5 Å². The van der Waals surface area contributed by atoms with Crippen molar-refractivity contribution in [2.45, 2.75) is 63.8 Å². The van der Waals surface area contributed by atoms with Crippen molar-refractivity contribution >= 4 is 17.7 Å². The van der Waals surface area contributed by atoms with E-state index in [4.69, 9.17) is 10.00 Å². The lowest BCUT2D eigenvalue weighted by Gasteiger charge is -2.30. The van der Waals surface area contributed by atoms with E-state index in [0.717, 1.165) is 12.1 Å². The molecule has 1 unspecified atom stereocenters. The van der Waals surface area contributed by atoms with Crippen molar-refractivity contribution < 1.29 is 14.3 Å². The van der Waals surface area contributed by atoms with Gasteiger partial charge in [-0.15, -0.1) is 0 Å². The lowest BCUT2D eigenvalue weighted by molar-refractivity contribution is -0.135. The van der Waals surface area contributed by atoms with Gasteiger partial charge in [0, 0.05) is 24.8 Å². The zero-order valence-corrected chi connectivity index (χ0v) is 17.6. The number of rotatable bonds is 3. The van der Waals surface area contributed by atoms with Crippen LogP contribution in [-0.4, -0.2) is 58.6 Å². The molecule has 1 aromatic carbocycles. The van der Waals surface area contributed by atoms with Crippen LogP contribution in [0.25, 0.3) is 0 Å². The SMILES string of the molecule is CC(C)(C)OC(=O)N1C[C@@H](Nc2ccc(C#N)cc2)C[C@H]1C(=O)N1CCCC1C#N. The highest BCUT2D eigenvalue weighted by atomic mass is 16.6. The largest absolute Gasteiger partial charge is 0.444 e. The number of amides is 2. The smallest absolute Gasteiger partial charge is 0.411 e. The molecule has 0 aromatic heterocycles. The van der Waals surface area contributed by atoms with E-state index in [1.54, 1.807) is 49.9 Å². The molecule has 2 heterocycles. The minimum absolute atomic E-state index is 0.150. The van der Waals surface area contributed by atoms with Crippen molar-refractivity contribution in [2.24, 2.45) is 0 Å². The number of hydrogen-bond acceptors (Lipinski definition) is 6. The Labute approximate surface area is 177 Å². The van der Waals surface area contributed by atoms with E-state index in [1.165, 1.54) is 4.90 Å². The van der Waals surface area contributed by atoms with E-state index in [9.17, 15) is 14.9 Å². The van der Waals surface area contributed by atoms with E-state index < -0.39 is 23.8 Å². The first kappa shape index (κ1) is 21.4. The summed E-state index contributed by atoms with van der Waals surface area (Å²) in [4.78, 5) is 29.1. The molecule has 8 heteroatoms. The second kappa shape index (κ2) is 8.62. The molecule has 2 fully saturated rings. The van der Waals surface area contributed by atoms with Crippen molar-refractivity contribution in [1.29, 1.82) is 10.5 Å². The number of carbonyl (C=O) groups excluding carboxylic acids is 2. The highest BCUT2D eigenvalue weighted by Gasteiger charge is 2.45. The summed E-state index contributed by atoms with van der Waals surface area (Å²) >= 11 is 0. The maximum Gasteiger partial charge on any atom is 0.411 e. The van der Waals surface area contributed by atoms with E-state index in [2.05, 4.69) is 17.5 Å². The monoisotopic (exact) mass is 409 g/mol. The number of likely N-dealkylation sites (tertiary alicyclic amines) is 2. The minimum atomic E-state index is -0.676. The standard InChI is InChI=1S/C22H27N5O3/c1-22(2,3)30-21(29)27-14-17(25-16-8-6-15(12-23)7-9-16)11-19(27)20(28)26-10-4-5-18(26)13-24/h6-9,17-19,25H,4-5,10-11,14H2,1-3H3/t17-,18?,19-/m0/s1. The minimum Gasteiger partial charge on any atom is -0.444 e. The number of hydrogen-bond donors (Lipinski definition) is 1. The molecular weight excluding hydrogens is 382 g/mol. The van der Waals surface area contributed by atoms with Gasteiger partial charge in [0.2, 0.25) is 5.91 Å². The highest BCUT2D eigenvalue weighted by molar-refractivity contribution is 5.87. The third-order valence-electron chi connectivity index (χ3n) is 5.28. The Morgan fingerprint density at radius 3 is 2.47 bits per heavy atom. The average Bonchev–Trinajstić information content (AvgIpc) is 3.33. The summed E-state index contributed by atoms with van der Waals surface area (Å²) in [6.07, 6.45) is 1.34. The van der Waals surface area contributed by atoms with Crippen LogP contribution >= 0.6 is 0 Å². The van der Waals surface area contributed by atoms with Crippen LogP contribution in [0.1, 0.15) is 45.6 Å². The summed E-state index contributed by atoms with van der Waals surface area (Å²) in [6, 6.07) is 10.0. The topological polar surface area (TPSA) is 109 Å². The maximum absolute atomic E-state index is 13.2. The van der Waals surface area contributed by atoms with Gasteiger partial charge in [-0.2, -0.15) is 10.5 Å². The Morgan fingerprint density at radius 2 is 1.87 bits per heavy atom. The normalized spacial score (nSPS) is 23.6. The van der Waals surface area contributed by atoms with Crippen LogP contribution in [0.3, 0.4) is 0 Å². The fraction of sp³-hybridized carbons (Fsp3) is 0.545. The number of ether oxygens (including phenoxy) is 1. The van der Waals surface area contributed by atoms with Crippen molar-refractivity contribution in [3.8, 4) is 12.1 Å². The highest BCUT2D eigenvalue weighted by Crippen LogP contribution is 2.28. The molecule has 30 heavy (non-hydrogen) atoms. The number of carbonyl (C=O) groups is 2.